The number of hydrogen-bond donors (Lipinski definition) is 1. The second kappa shape index (κ2) is 11.3. The van der Waals surface area contributed by atoms with Crippen molar-refractivity contribution in [1.29, 1.82) is 0 Å². The first-order valence-electron chi connectivity index (χ1n) is 11.2. The van der Waals surface area contributed by atoms with Crippen LogP contribution < -0.4 is 10.2 Å². The van der Waals surface area contributed by atoms with Crippen molar-refractivity contribution in [3.63, 3.8) is 0 Å². The van der Waals surface area contributed by atoms with Gasteiger partial charge >= 0.3 is 0 Å². The first kappa shape index (κ1) is 22.5. The molecule has 1 N–H and O–H groups in total. The van der Waals surface area contributed by atoms with E-state index in [1.807, 2.05) is 35.2 Å². The van der Waals surface area contributed by atoms with Gasteiger partial charge < -0.3 is 15.1 Å². The van der Waals surface area contributed by atoms with Crippen LogP contribution in [-0.2, 0) is 4.79 Å². The molecule has 4 rings (SSSR count). The number of nitrogens with zero attached hydrogens (tertiary/aromatic N) is 5. The van der Waals surface area contributed by atoms with Gasteiger partial charge in [-0.05, 0) is 31.0 Å². The third-order valence-electron chi connectivity index (χ3n) is 5.86. The molecule has 2 aliphatic rings. The van der Waals surface area contributed by atoms with E-state index in [1.165, 1.54) is 11.8 Å². The van der Waals surface area contributed by atoms with Crippen LogP contribution in [0.5, 0.6) is 0 Å². The fourth-order valence-electron chi connectivity index (χ4n) is 4.03. The predicted octanol–water partition coefficient (Wildman–Crippen LogP) is 1.74. The van der Waals surface area contributed by atoms with Crippen molar-refractivity contribution < 1.29 is 9.59 Å². The summed E-state index contributed by atoms with van der Waals surface area (Å²) >= 11 is 1.45. The summed E-state index contributed by atoms with van der Waals surface area (Å²) in [5, 5.41) is 3.04. The minimum atomic E-state index is -0.0851. The molecule has 2 fully saturated rings. The molecular formula is C23H30N6O2S. The molecule has 3 heterocycles. The van der Waals surface area contributed by atoms with Gasteiger partial charge in [-0.25, -0.2) is 9.97 Å². The molecule has 0 saturated carbocycles. The van der Waals surface area contributed by atoms with Crippen LogP contribution in [0.3, 0.4) is 0 Å². The molecule has 0 atom stereocenters. The van der Waals surface area contributed by atoms with E-state index in [0.717, 1.165) is 69.5 Å². The highest BCUT2D eigenvalue weighted by atomic mass is 32.2. The van der Waals surface area contributed by atoms with Crippen LogP contribution >= 0.6 is 11.8 Å². The number of anilines is 1. The smallest absolute Gasteiger partial charge is 0.252 e. The number of rotatable bonds is 8. The van der Waals surface area contributed by atoms with E-state index >= 15 is 0 Å². The van der Waals surface area contributed by atoms with Crippen LogP contribution in [0.1, 0.15) is 23.2 Å². The lowest BCUT2D eigenvalue weighted by Gasteiger charge is -2.34. The minimum Gasteiger partial charge on any atom is -0.351 e. The van der Waals surface area contributed by atoms with Crippen molar-refractivity contribution in [2.75, 3.05) is 63.0 Å². The van der Waals surface area contributed by atoms with Crippen LogP contribution in [0.2, 0.25) is 0 Å². The summed E-state index contributed by atoms with van der Waals surface area (Å²) in [5.74, 6) is 1.22. The number of piperazine rings is 1. The number of carbonyl (C=O) groups excluding carboxylic acids is 2. The number of carbonyl (C=O) groups is 2. The highest BCUT2D eigenvalue weighted by Gasteiger charge is 2.20. The van der Waals surface area contributed by atoms with Crippen molar-refractivity contribution in [3.8, 4) is 0 Å². The van der Waals surface area contributed by atoms with Gasteiger partial charge in [0.15, 0.2) is 0 Å². The van der Waals surface area contributed by atoms with Gasteiger partial charge in [0.25, 0.3) is 5.91 Å². The molecule has 9 heteroatoms. The highest BCUT2D eigenvalue weighted by Crippen LogP contribution is 2.23. The molecule has 1 aromatic heterocycles. The van der Waals surface area contributed by atoms with Crippen molar-refractivity contribution >= 4 is 29.5 Å². The standard InChI is InChI=1S/C23H30N6O2S/c30-21(28-11-3-4-12-28)18-32-20-7-2-1-6-19(20)22(31)24-10-13-27-14-16-29(17-15-27)23-25-8-5-9-26-23/h1-2,5-9H,3-4,10-18H2,(H,24,31). The second-order valence-corrected chi connectivity index (χ2v) is 9.02. The number of benzene rings is 1. The molecular weight excluding hydrogens is 424 g/mol. The predicted molar refractivity (Wildman–Crippen MR) is 126 cm³/mol. The molecule has 2 saturated heterocycles. The SMILES string of the molecule is O=C(NCCN1CCN(c2ncccn2)CC1)c1ccccc1SCC(=O)N1CCCC1. The van der Waals surface area contributed by atoms with Gasteiger partial charge in [0.05, 0.1) is 11.3 Å². The summed E-state index contributed by atoms with van der Waals surface area (Å²) in [6.45, 7) is 6.69. The second-order valence-electron chi connectivity index (χ2n) is 8.01. The molecule has 0 bridgehead atoms. The van der Waals surface area contributed by atoms with Crippen molar-refractivity contribution in [3.05, 3.63) is 48.3 Å². The van der Waals surface area contributed by atoms with Crippen molar-refractivity contribution in [2.24, 2.45) is 0 Å². The van der Waals surface area contributed by atoms with E-state index in [2.05, 4.69) is 25.1 Å². The number of hydrogen-bond acceptors (Lipinski definition) is 7. The summed E-state index contributed by atoms with van der Waals surface area (Å²) in [7, 11) is 0. The lowest BCUT2D eigenvalue weighted by Crippen LogP contribution is -2.49. The Hall–Kier alpha value is -2.65. The molecule has 8 nitrogen and oxygen atoms in total. The highest BCUT2D eigenvalue weighted by molar-refractivity contribution is 8.00. The maximum absolute atomic E-state index is 12.8. The molecule has 170 valence electrons. The lowest BCUT2D eigenvalue weighted by molar-refractivity contribution is -0.127. The molecule has 1 aromatic carbocycles. The first-order valence-corrected chi connectivity index (χ1v) is 12.2. The van der Waals surface area contributed by atoms with Crippen LogP contribution in [0.25, 0.3) is 0 Å². The van der Waals surface area contributed by atoms with Gasteiger partial charge in [0.1, 0.15) is 0 Å². The average Bonchev–Trinajstić information content (AvgIpc) is 3.39. The largest absolute Gasteiger partial charge is 0.351 e. The van der Waals surface area contributed by atoms with Gasteiger partial charge in [0, 0.05) is 69.6 Å². The Morgan fingerprint density at radius 1 is 0.938 bits per heavy atom. The quantitative estimate of drug-likeness (QED) is 0.609. The molecule has 0 aliphatic carbocycles. The van der Waals surface area contributed by atoms with E-state index in [4.69, 9.17) is 0 Å². The van der Waals surface area contributed by atoms with Gasteiger partial charge in [-0.15, -0.1) is 11.8 Å². The summed E-state index contributed by atoms with van der Waals surface area (Å²) < 4.78 is 0. The molecule has 0 radical (unpaired) electrons. The zero-order valence-electron chi connectivity index (χ0n) is 18.3. The molecule has 32 heavy (non-hydrogen) atoms. The van der Waals surface area contributed by atoms with Crippen LogP contribution in [0.15, 0.2) is 47.6 Å². The Bertz CT molecular complexity index is 898. The molecule has 2 aromatic rings. The monoisotopic (exact) mass is 454 g/mol. The number of thioether (sulfide) groups is 1. The molecule has 0 spiro atoms. The number of aromatic nitrogens is 2. The average molecular weight is 455 g/mol. The van der Waals surface area contributed by atoms with Crippen molar-refractivity contribution in [1.82, 2.24) is 25.1 Å². The normalized spacial score (nSPS) is 16.9. The third kappa shape index (κ3) is 5.98. The van der Waals surface area contributed by atoms with E-state index in [1.54, 1.807) is 12.4 Å². The van der Waals surface area contributed by atoms with Gasteiger partial charge in [-0.2, -0.15) is 0 Å². The molecule has 2 amide bonds. The molecule has 2 aliphatic heterocycles. The Labute approximate surface area is 193 Å². The van der Waals surface area contributed by atoms with Crippen LogP contribution in [0.4, 0.5) is 5.95 Å². The third-order valence-corrected chi connectivity index (χ3v) is 6.92. The van der Waals surface area contributed by atoms with Gasteiger partial charge in [0.2, 0.25) is 11.9 Å². The Kier molecular flexibility index (Phi) is 7.95. The molecule has 0 unspecified atom stereocenters. The number of nitrogens with one attached hydrogen (secondary N) is 1. The maximum atomic E-state index is 12.8. The Morgan fingerprint density at radius 3 is 2.41 bits per heavy atom. The topological polar surface area (TPSA) is 81.7 Å². The Morgan fingerprint density at radius 2 is 1.66 bits per heavy atom. The van der Waals surface area contributed by atoms with E-state index in [0.29, 0.717) is 17.9 Å². The Balaban J connectivity index is 1.21. The first-order chi connectivity index (χ1) is 15.7. The minimum absolute atomic E-state index is 0.0851. The summed E-state index contributed by atoms with van der Waals surface area (Å²) in [4.78, 5) is 41.1. The maximum Gasteiger partial charge on any atom is 0.252 e. The van der Waals surface area contributed by atoms with E-state index in [-0.39, 0.29) is 11.8 Å². The lowest BCUT2D eigenvalue weighted by atomic mass is 10.2. The van der Waals surface area contributed by atoms with Crippen LogP contribution in [0, 0.1) is 0 Å². The van der Waals surface area contributed by atoms with Crippen molar-refractivity contribution in [2.45, 2.75) is 17.7 Å². The van der Waals surface area contributed by atoms with E-state index in [9.17, 15) is 9.59 Å². The van der Waals surface area contributed by atoms with Crippen LogP contribution in [-0.4, -0.2) is 89.7 Å². The number of amides is 2. The zero-order chi connectivity index (χ0) is 22.2. The zero-order valence-corrected chi connectivity index (χ0v) is 19.1. The summed E-state index contributed by atoms with van der Waals surface area (Å²) in [5.41, 5.74) is 0.637. The van der Waals surface area contributed by atoms with Gasteiger partial charge in [-0.3, -0.25) is 14.5 Å². The fourth-order valence-corrected chi connectivity index (χ4v) is 4.98. The fraction of sp³-hybridized carbons (Fsp3) is 0.478. The summed E-state index contributed by atoms with van der Waals surface area (Å²) in [6.07, 6.45) is 5.71. The summed E-state index contributed by atoms with van der Waals surface area (Å²) in [6, 6.07) is 9.35. The van der Waals surface area contributed by atoms with E-state index < -0.39 is 0 Å². The van der Waals surface area contributed by atoms with Gasteiger partial charge in [-0.1, -0.05) is 12.1 Å². The number of likely N-dealkylation sites (tertiary alicyclic amines) is 1.